The number of benzene rings is 2. The first-order chi connectivity index (χ1) is 12.9. The maximum atomic E-state index is 12.3. The molecule has 138 valence electrons. The third kappa shape index (κ3) is 4.94. The van der Waals surface area contributed by atoms with E-state index in [1.807, 2.05) is 18.2 Å². The van der Waals surface area contributed by atoms with Crippen molar-refractivity contribution in [2.75, 3.05) is 11.9 Å². The Balaban J connectivity index is 1.63. The van der Waals surface area contributed by atoms with Crippen molar-refractivity contribution < 1.29 is 14.3 Å². The molecule has 0 unspecified atom stereocenters. The van der Waals surface area contributed by atoms with Crippen molar-refractivity contribution in [1.82, 2.24) is 4.98 Å². The van der Waals surface area contributed by atoms with Crippen LogP contribution in [0.2, 0.25) is 5.02 Å². The lowest BCUT2D eigenvalue weighted by Crippen LogP contribution is -2.21. The Morgan fingerprint density at radius 2 is 1.89 bits per heavy atom. The summed E-state index contributed by atoms with van der Waals surface area (Å²) in [6.07, 6.45) is 0. The highest BCUT2D eigenvalue weighted by molar-refractivity contribution is 9.10. The van der Waals surface area contributed by atoms with Gasteiger partial charge in [0.25, 0.3) is 5.91 Å². The van der Waals surface area contributed by atoms with Gasteiger partial charge in [-0.25, -0.2) is 9.78 Å². The SMILES string of the molecule is Cc1nc(-c2ccc(Cl)cc2)sc1C(=O)OCC(=O)Nc1ccccc1Br. The van der Waals surface area contributed by atoms with Gasteiger partial charge < -0.3 is 10.1 Å². The van der Waals surface area contributed by atoms with Gasteiger partial charge in [-0.05, 0) is 47.1 Å². The number of rotatable bonds is 5. The zero-order chi connectivity index (χ0) is 19.4. The van der Waals surface area contributed by atoms with E-state index in [1.54, 1.807) is 37.3 Å². The first kappa shape index (κ1) is 19.5. The van der Waals surface area contributed by atoms with Crippen LogP contribution in [0, 0.1) is 6.92 Å². The van der Waals surface area contributed by atoms with E-state index in [9.17, 15) is 9.59 Å². The van der Waals surface area contributed by atoms with Gasteiger partial charge in [-0.1, -0.05) is 35.9 Å². The third-order valence-electron chi connectivity index (χ3n) is 3.56. The summed E-state index contributed by atoms with van der Waals surface area (Å²) in [5, 5.41) is 4.00. The number of hydrogen-bond acceptors (Lipinski definition) is 5. The van der Waals surface area contributed by atoms with E-state index in [-0.39, 0.29) is 6.61 Å². The second-order valence-electron chi connectivity index (χ2n) is 5.54. The number of anilines is 1. The summed E-state index contributed by atoms with van der Waals surface area (Å²) in [7, 11) is 0. The smallest absolute Gasteiger partial charge is 0.350 e. The molecule has 2 aromatic carbocycles. The van der Waals surface area contributed by atoms with Crippen LogP contribution in [0.15, 0.2) is 53.0 Å². The molecule has 5 nitrogen and oxygen atoms in total. The quantitative estimate of drug-likeness (QED) is 0.517. The van der Waals surface area contributed by atoms with E-state index in [0.29, 0.717) is 26.3 Å². The van der Waals surface area contributed by atoms with Crippen molar-refractivity contribution in [2.45, 2.75) is 6.92 Å². The number of aromatic nitrogens is 1. The summed E-state index contributed by atoms with van der Waals surface area (Å²) in [6, 6.07) is 14.4. The van der Waals surface area contributed by atoms with Gasteiger partial charge in [0, 0.05) is 15.1 Å². The largest absolute Gasteiger partial charge is 0.451 e. The topological polar surface area (TPSA) is 68.3 Å². The van der Waals surface area contributed by atoms with Gasteiger partial charge in [-0.3, -0.25) is 4.79 Å². The Morgan fingerprint density at radius 3 is 2.59 bits per heavy atom. The van der Waals surface area contributed by atoms with Crippen LogP contribution in [-0.4, -0.2) is 23.5 Å². The molecule has 0 spiro atoms. The van der Waals surface area contributed by atoms with E-state index in [1.165, 1.54) is 11.3 Å². The molecule has 0 radical (unpaired) electrons. The molecule has 27 heavy (non-hydrogen) atoms. The van der Waals surface area contributed by atoms with E-state index >= 15 is 0 Å². The van der Waals surface area contributed by atoms with Gasteiger partial charge in [0.15, 0.2) is 6.61 Å². The molecule has 1 heterocycles. The van der Waals surface area contributed by atoms with Crippen LogP contribution in [0.3, 0.4) is 0 Å². The van der Waals surface area contributed by atoms with Crippen molar-refractivity contribution in [3.8, 4) is 10.6 Å². The van der Waals surface area contributed by atoms with Crippen LogP contribution in [0.4, 0.5) is 5.69 Å². The predicted molar refractivity (Wildman–Crippen MR) is 110 cm³/mol. The fourth-order valence-corrected chi connectivity index (χ4v) is 3.72. The van der Waals surface area contributed by atoms with E-state index < -0.39 is 11.9 Å². The molecule has 3 rings (SSSR count). The molecule has 0 fully saturated rings. The van der Waals surface area contributed by atoms with Gasteiger partial charge in [0.05, 0.1) is 11.4 Å². The molecule has 0 aliphatic heterocycles. The number of nitrogens with zero attached hydrogens (tertiary/aromatic N) is 1. The second-order valence-corrected chi connectivity index (χ2v) is 7.83. The van der Waals surface area contributed by atoms with Gasteiger partial charge in [-0.2, -0.15) is 0 Å². The Morgan fingerprint density at radius 1 is 1.19 bits per heavy atom. The number of hydrogen-bond donors (Lipinski definition) is 1. The molecule has 3 aromatic rings. The number of aryl methyl sites for hydroxylation is 1. The molecule has 0 atom stereocenters. The van der Waals surface area contributed by atoms with Crippen molar-refractivity contribution in [3.05, 3.63) is 68.6 Å². The summed E-state index contributed by atoms with van der Waals surface area (Å²) in [4.78, 5) is 29.1. The lowest BCUT2D eigenvalue weighted by molar-refractivity contribution is -0.119. The van der Waals surface area contributed by atoms with Crippen LogP contribution in [0.5, 0.6) is 0 Å². The minimum atomic E-state index is -0.576. The van der Waals surface area contributed by atoms with Crippen LogP contribution in [-0.2, 0) is 9.53 Å². The highest BCUT2D eigenvalue weighted by atomic mass is 79.9. The van der Waals surface area contributed by atoms with Crippen LogP contribution < -0.4 is 5.32 Å². The molecule has 8 heteroatoms. The first-order valence-electron chi connectivity index (χ1n) is 7.89. The minimum Gasteiger partial charge on any atom is -0.451 e. The van der Waals surface area contributed by atoms with Crippen LogP contribution >= 0.6 is 38.9 Å². The third-order valence-corrected chi connectivity index (χ3v) is 5.69. The number of carbonyl (C=O) groups excluding carboxylic acids is 2. The summed E-state index contributed by atoms with van der Waals surface area (Å²) in [6.45, 7) is 1.35. The Labute approximate surface area is 173 Å². The van der Waals surface area contributed by atoms with Crippen molar-refractivity contribution in [2.24, 2.45) is 0 Å². The second kappa shape index (κ2) is 8.65. The zero-order valence-electron chi connectivity index (χ0n) is 14.2. The Bertz CT molecular complexity index is 989. The maximum absolute atomic E-state index is 12.3. The highest BCUT2D eigenvalue weighted by Gasteiger charge is 2.19. The van der Waals surface area contributed by atoms with Gasteiger partial charge in [-0.15, -0.1) is 11.3 Å². The fraction of sp³-hybridized carbons (Fsp3) is 0.105. The van der Waals surface area contributed by atoms with E-state index in [0.717, 1.165) is 10.0 Å². The molecule has 0 saturated heterocycles. The van der Waals surface area contributed by atoms with Gasteiger partial charge in [0.2, 0.25) is 0 Å². The molecular weight excluding hydrogens is 452 g/mol. The standard InChI is InChI=1S/C19H14BrClN2O3S/c1-11-17(27-18(22-11)12-6-8-13(21)9-7-12)19(25)26-10-16(24)23-15-5-3-2-4-14(15)20/h2-9H,10H2,1H3,(H,23,24). The normalized spacial score (nSPS) is 10.5. The number of halogens is 2. The van der Waals surface area contributed by atoms with Crippen molar-refractivity contribution in [3.63, 3.8) is 0 Å². The van der Waals surface area contributed by atoms with E-state index in [4.69, 9.17) is 16.3 Å². The zero-order valence-corrected chi connectivity index (χ0v) is 17.3. The molecular formula is C19H14BrClN2O3S. The minimum absolute atomic E-state index is 0.369. The summed E-state index contributed by atoms with van der Waals surface area (Å²) < 4.78 is 5.88. The fourth-order valence-electron chi connectivity index (χ4n) is 2.25. The number of nitrogens with one attached hydrogen (secondary N) is 1. The molecule has 0 saturated carbocycles. The lowest BCUT2D eigenvalue weighted by atomic mass is 10.2. The number of carbonyl (C=O) groups is 2. The Hall–Kier alpha value is -2.22. The average molecular weight is 466 g/mol. The molecule has 0 aliphatic rings. The molecule has 0 bridgehead atoms. The number of para-hydroxylation sites is 1. The molecule has 0 aliphatic carbocycles. The lowest BCUT2D eigenvalue weighted by Gasteiger charge is -2.07. The highest BCUT2D eigenvalue weighted by Crippen LogP contribution is 2.29. The summed E-state index contributed by atoms with van der Waals surface area (Å²) in [5.74, 6) is -0.997. The summed E-state index contributed by atoms with van der Waals surface area (Å²) >= 11 is 10.5. The van der Waals surface area contributed by atoms with E-state index in [2.05, 4.69) is 26.2 Å². The predicted octanol–water partition coefficient (Wildman–Crippen LogP) is 5.33. The molecule has 1 N–H and O–H groups in total. The van der Waals surface area contributed by atoms with Gasteiger partial charge >= 0.3 is 5.97 Å². The number of esters is 1. The first-order valence-corrected chi connectivity index (χ1v) is 9.87. The number of ether oxygens (including phenoxy) is 1. The average Bonchev–Trinajstić information content (AvgIpc) is 3.04. The number of thiazole rings is 1. The Kier molecular flexibility index (Phi) is 6.26. The number of amides is 1. The molecule has 1 aromatic heterocycles. The van der Waals surface area contributed by atoms with Crippen molar-refractivity contribution in [1.29, 1.82) is 0 Å². The van der Waals surface area contributed by atoms with Crippen molar-refractivity contribution >= 4 is 56.4 Å². The van der Waals surface area contributed by atoms with Gasteiger partial charge in [0.1, 0.15) is 9.88 Å². The monoisotopic (exact) mass is 464 g/mol. The van der Waals surface area contributed by atoms with Crippen LogP contribution in [0.25, 0.3) is 10.6 Å². The maximum Gasteiger partial charge on any atom is 0.350 e. The molecule has 1 amide bonds. The summed E-state index contributed by atoms with van der Waals surface area (Å²) in [5.41, 5.74) is 2.02. The van der Waals surface area contributed by atoms with Crippen LogP contribution in [0.1, 0.15) is 15.4 Å².